The summed E-state index contributed by atoms with van der Waals surface area (Å²) in [6.45, 7) is 5.63. The SMILES string of the molecule is CC(C)(C)NC(=O)c1cccc(Oc2ccc(NC(=O)O)c(F)c2)c1. The molecule has 0 atom stereocenters. The van der Waals surface area contributed by atoms with Gasteiger partial charge in [0.2, 0.25) is 0 Å². The molecule has 0 saturated heterocycles. The van der Waals surface area contributed by atoms with E-state index >= 15 is 0 Å². The lowest BCUT2D eigenvalue weighted by Gasteiger charge is -2.20. The Labute approximate surface area is 144 Å². The third-order valence-corrected chi connectivity index (χ3v) is 3.00. The van der Waals surface area contributed by atoms with E-state index in [9.17, 15) is 14.0 Å². The van der Waals surface area contributed by atoms with Crippen LogP contribution in [0.15, 0.2) is 42.5 Å². The molecule has 0 aliphatic heterocycles. The molecule has 0 spiro atoms. The van der Waals surface area contributed by atoms with E-state index in [-0.39, 0.29) is 22.9 Å². The normalized spacial score (nSPS) is 10.9. The van der Waals surface area contributed by atoms with Crippen molar-refractivity contribution in [2.24, 2.45) is 0 Å². The lowest BCUT2D eigenvalue weighted by molar-refractivity contribution is 0.0919. The quantitative estimate of drug-likeness (QED) is 0.773. The monoisotopic (exact) mass is 346 g/mol. The maximum absolute atomic E-state index is 13.8. The molecule has 6 nitrogen and oxygen atoms in total. The highest BCUT2D eigenvalue weighted by atomic mass is 19.1. The Bertz CT molecular complexity index is 800. The van der Waals surface area contributed by atoms with Crippen LogP contribution in [0.5, 0.6) is 11.5 Å². The number of carbonyl (C=O) groups is 2. The van der Waals surface area contributed by atoms with Gasteiger partial charge in [0.15, 0.2) is 5.82 Å². The topological polar surface area (TPSA) is 87.7 Å². The molecule has 2 aromatic rings. The van der Waals surface area contributed by atoms with E-state index in [4.69, 9.17) is 9.84 Å². The molecular weight excluding hydrogens is 327 g/mol. The minimum absolute atomic E-state index is 0.168. The van der Waals surface area contributed by atoms with Gasteiger partial charge in [0.1, 0.15) is 11.5 Å². The number of ether oxygens (including phenoxy) is 1. The van der Waals surface area contributed by atoms with Gasteiger partial charge in [0.25, 0.3) is 5.91 Å². The van der Waals surface area contributed by atoms with E-state index < -0.39 is 11.9 Å². The van der Waals surface area contributed by atoms with Gasteiger partial charge in [-0.1, -0.05) is 6.07 Å². The summed E-state index contributed by atoms with van der Waals surface area (Å²) in [5.74, 6) is -0.464. The number of anilines is 1. The van der Waals surface area contributed by atoms with Gasteiger partial charge in [0, 0.05) is 17.2 Å². The van der Waals surface area contributed by atoms with Crippen molar-refractivity contribution in [2.45, 2.75) is 26.3 Å². The third-order valence-electron chi connectivity index (χ3n) is 3.00. The first-order valence-corrected chi connectivity index (χ1v) is 7.54. The van der Waals surface area contributed by atoms with Crippen LogP contribution in [-0.4, -0.2) is 22.6 Å². The lowest BCUT2D eigenvalue weighted by atomic mass is 10.1. The van der Waals surface area contributed by atoms with E-state index in [2.05, 4.69) is 5.32 Å². The van der Waals surface area contributed by atoms with Gasteiger partial charge in [-0.25, -0.2) is 9.18 Å². The highest BCUT2D eigenvalue weighted by Gasteiger charge is 2.16. The highest BCUT2D eigenvalue weighted by Crippen LogP contribution is 2.26. The fourth-order valence-electron chi connectivity index (χ4n) is 2.03. The molecule has 0 heterocycles. The summed E-state index contributed by atoms with van der Waals surface area (Å²) < 4.78 is 19.4. The first-order chi connectivity index (χ1) is 11.6. The van der Waals surface area contributed by atoms with Crippen molar-refractivity contribution in [3.05, 3.63) is 53.8 Å². The smallest absolute Gasteiger partial charge is 0.409 e. The molecule has 0 radical (unpaired) electrons. The molecule has 132 valence electrons. The minimum Gasteiger partial charge on any atom is -0.465 e. The summed E-state index contributed by atoms with van der Waals surface area (Å²) >= 11 is 0. The second-order valence-electron chi connectivity index (χ2n) is 6.41. The van der Waals surface area contributed by atoms with Crippen molar-refractivity contribution in [2.75, 3.05) is 5.32 Å². The molecule has 0 bridgehead atoms. The van der Waals surface area contributed by atoms with Gasteiger partial charge in [-0.05, 0) is 51.1 Å². The number of benzene rings is 2. The van der Waals surface area contributed by atoms with Crippen LogP contribution in [0.3, 0.4) is 0 Å². The standard InChI is InChI=1S/C18H19FN2O4/c1-18(2,3)21-16(22)11-5-4-6-12(9-11)25-13-7-8-15(14(19)10-13)20-17(23)24/h4-10,20H,1-3H3,(H,21,22)(H,23,24). The number of halogens is 1. The number of nitrogens with one attached hydrogen (secondary N) is 2. The van der Waals surface area contributed by atoms with E-state index in [0.717, 1.165) is 6.07 Å². The van der Waals surface area contributed by atoms with Gasteiger partial charge in [-0.3, -0.25) is 10.1 Å². The summed E-state index contributed by atoms with van der Waals surface area (Å²) in [5, 5.41) is 13.4. The Balaban J connectivity index is 2.15. The minimum atomic E-state index is -1.36. The van der Waals surface area contributed by atoms with Crippen LogP contribution in [0.1, 0.15) is 31.1 Å². The Morgan fingerprint density at radius 1 is 1.08 bits per heavy atom. The predicted molar refractivity (Wildman–Crippen MR) is 91.8 cm³/mol. The average molecular weight is 346 g/mol. The van der Waals surface area contributed by atoms with Gasteiger partial charge >= 0.3 is 6.09 Å². The van der Waals surface area contributed by atoms with Crippen molar-refractivity contribution in [1.82, 2.24) is 5.32 Å². The van der Waals surface area contributed by atoms with Gasteiger partial charge in [0.05, 0.1) is 5.69 Å². The van der Waals surface area contributed by atoms with E-state index in [1.165, 1.54) is 12.1 Å². The zero-order valence-electron chi connectivity index (χ0n) is 14.1. The maximum atomic E-state index is 13.8. The molecule has 2 rings (SSSR count). The van der Waals surface area contributed by atoms with Crippen molar-refractivity contribution < 1.29 is 23.8 Å². The Morgan fingerprint density at radius 3 is 2.36 bits per heavy atom. The second-order valence-corrected chi connectivity index (χ2v) is 6.41. The molecule has 25 heavy (non-hydrogen) atoms. The zero-order chi connectivity index (χ0) is 18.6. The van der Waals surface area contributed by atoms with Gasteiger partial charge in [-0.2, -0.15) is 0 Å². The van der Waals surface area contributed by atoms with Crippen LogP contribution in [0.25, 0.3) is 0 Å². The van der Waals surface area contributed by atoms with E-state index in [1.807, 2.05) is 26.1 Å². The fourth-order valence-corrected chi connectivity index (χ4v) is 2.03. The summed E-state index contributed by atoms with van der Waals surface area (Å²) in [4.78, 5) is 22.7. The maximum Gasteiger partial charge on any atom is 0.409 e. The fraction of sp³-hybridized carbons (Fsp3) is 0.222. The molecule has 0 aromatic heterocycles. The molecule has 2 amide bonds. The molecule has 2 aromatic carbocycles. The van der Waals surface area contributed by atoms with Crippen LogP contribution in [0.2, 0.25) is 0 Å². The second kappa shape index (κ2) is 7.21. The summed E-state index contributed by atoms with van der Waals surface area (Å²) in [6, 6.07) is 10.2. The number of hydrogen-bond acceptors (Lipinski definition) is 3. The first kappa shape index (κ1) is 18.3. The van der Waals surface area contributed by atoms with Crippen LogP contribution in [0, 0.1) is 5.82 Å². The Morgan fingerprint density at radius 2 is 1.76 bits per heavy atom. The molecule has 0 fully saturated rings. The van der Waals surface area contributed by atoms with Crippen LogP contribution < -0.4 is 15.4 Å². The number of rotatable bonds is 4. The van der Waals surface area contributed by atoms with Crippen LogP contribution in [-0.2, 0) is 0 Å². The molecule has 0 saturated carbocycles. The van der Waals surface area contributed by atoms with Crippen molar-refractivity contribution in [3.63, 3.8) is 0 Å². The predicted octanol–water partition coefficient (Wildman–Crippen LogP) is 4.24. The number of hydrogen-bond donors (Lipinski definition) is 3. The molecule has 0 aliphatic rings. The third kappa shape index (κ3) is 5.49. The average Bonchev–Trinajstić information content (AvgIpc) is 2.48. The number of amides is 2. The van der Waals surface area contributed by atoms with Crippen molar-refractivity contribution in [3.8, 4) is 11.5 Å². The summed E-state index contributed by atoms with van der Waals surface area (Å²) in [6.07, 6.45) is -1.36. The highest BCUT2D eigenvalue weighted by molar-refractivity contribution is 5.95. The lowest BCUT2D eigenvalue weighted by Crippen LogP contribution is -2.40. The molecular formula is C18H19FN2O4. The Kier molecular flexibility index (Phi) is 5.26. The number of carbonyl (C=O) groups excluding carboxylic acids is 1. The Hall–Kier alpha value is -3.09. The van der Waals surface area contributed by atoms with Crippen LogP contribution >= 0.6 is 0 Å². The number of carboxylic acid groups (broad SMARTS) is 1. The van der Waals surface area contributed by atoms with Crippen molar-refractivity contribution >= 4 is 17.7 Å². The molecule has 0 aliphatic carbocycles. The first-order valence-electron chi connectivity index (χ1n) is 7.54. The molecule has 7 heteroatoms. The van der Waals surface area contributed by atoms with Crippen LogP contribution in [0.4, 0.5) is 14.9 Å². The summed E-state index contributed by atoms with van der Waals surface area (Å²) in [5.41, 5.74) is -0.125. The summed E-state index contributed by atoms with van der Waals surface area (Å²) in [7, 11) is 0. The molecule has 3 N–H and O–H groups in total. The van der Waals surface area contributed by atoms with Gasteiger partial charge in [-0.15, -0.1) is 0 Å². The van der Waals surface area contributed by atoms with E-state index in [1.54, 1.807) is 24.3 Å². The largest absolute Gasteiger partial charge is 0.465 e. The zero-order valence-corrected chi connectivity index (χ0v) is 14.1. The van der Waals surface area contributed by atoms with E-state index in [0.29, 0.717) is 11.3 Å². The van der Waals surface area contributed by atoms with Gasteiger partial charge < -0.3 is 15.2 Å². The molecule has 0 unspecified atom stereocenters. The van der Waals surface area contributed by atoms with Crippen molar-refractivity contribution in [1.29, 1.82) is 0 Å².